The Morgan fingerprint density at radius 3 is 1.71 bits per heavy atom. The van der Waals surface area contributed by atoms with Gasteiger partial charge in [0.15, 0.2) is 18.1 Å². The van der Waals surface area contributed by atoms with Gasteiger partial charge in [-0.05, 0) is 26.2 Å². The van der Waals surface area contributed by atoms with Crippen LogP contribution in [0.25, 0.3) is 0 Å². The highest BCUT2D eigenvalue weighted by molar-refractivity contribution is 6.63. The van der Waals surface area contributed by atoms with Crippen LogP contribution in [0.3, 0.4) is 0 Å². The second kappa shape index (κ2) is 3.40. The molecule has 0 aliphatic rings. The van der Waals surface area contributed by atoms with Gasteiger partial charge in [0.05, 0.1) is 0 Å². The average molecular weight is 133 g/mol. The lowest BCUT2D eigenvalue weighted by atomic mass is 11.9. The van der Waals surface area contributed by atoms with Crippen LogP contribution in [0.4, 0.5) is 0 Å². The molecule has 0 unspecified atom stereocenters. The number of hydrogen-bond donors (Lipinski definition) is 0. The van der Waals surface area contributed by atoms with Gasteiger partial charge in [-0.2, -0.15) is 0 Å². The van der Waals surface area contributed by atoms with Crippen molar-refractivity contribution in [3.63, 3.8) is 0 Å². The van der Waals surface area contributed by atoms with Gasteiger partial charge in [0.25, 0.3) is 0 Å². The molecule has 0 aromatic rings. The van der Waals surface area contributed by atoms with Crippen molar-refractivity contribution >= 4 is 18.1 Å². The summed E-state index contributed by atoms with van der Waals surface area (Å²) in [6, 6.07) is 0. The Morgan fingerprint density at radius 2 is 1.71 bits per heavy atom. The van der Waals surface area contributed by atoms with Crippen LogP contribution in [0.2, 0.25) is 26.2 Å². The van der Waals surface area contributed by atoms with Crippen molar-refractivity contribution in [2.24, 2.45) is 0 Å². The van der Waals surface area contributed by atoms with E-state index in [0.29, 0.717) is 0 Å². The molecule has 1 radical (unpaired) electrons. The largest absolute Gasteiger partial charge is 0.458 e. The zero-order valence-electron chi connectivity index (χ0n) is 5.49. The summed E-state index contributed by atoms with van der Waals surface area (Å²) in [5, 5.41) is 0. The topological polar surface area (TPSA) is 9.23 Å². The van der Waals surface area contributed by atoms with Gasteiger partial charge in [-0.15, -0.1) is 0 Å². The maximum absolute atomic E-state index is 5.49. The molecule has 0 aliphatic heterocycles. The fraction of sp³-hybridized carbons (Fsp3) is 1.00. The van der Waals surface area contributed by atoms with Crippen molar-refractivity contribution in [1.29, 1.82) is 0 Å². The smallest absolute Gasteiger partial charge is 0.191 e. The molecule has 0 aliphatic carbocycles. The quantitative estimate of drug-likeness (QED) is 0.515. The second-order valence-corrected chi connectivity index (χ2v) is 6.93. The number of hydrogen-bond acceptors (Lipinski definition) is 1. The summed E-state index contributed by atoms with van der Waals surface area (Å²) in [4.78, 5) is 0. The SMILES string of the molecule is C[Si](C)O[SiH](C)C. The van der Waals surface area contributed by atoms with Gasteiger partial charge < -0.3 is 4.12 Å². The van der Waals surface area contributed by atoms with E-state index < -0.39 is 9.04 Å². The van der Waals surface area contributed by atoms with Crippen LogP contribution in [-0.2, 0) is 4.12 Å². The first-order chi connectivity index (χ1) is 3.13. The molecule has 7 heavy (non-hydrogen) atoms. The van der Waals surface area contributed by atoms with E-state index in [9.17, 15) is 0 Å². The van der Waals surface area contributed by atoms with E-state index in [1.165, 1.54) is 0 Å². The summed E-state index contributed by atoms with van der Waals surface area (Å²) in [5.41, 5.74) is 0. The molecule has 0 bridgehead atoms. The Bertz CT molecular complexity index is 39.0. The molecule has 0 saturated heterocycles. The monoisotopic (exact) mass is 133 g/mol. The molecule has 0 spiro atoms. The lowest BCUT2D eigenvalue weighted by Crippen LogP contribution is -2.17. The van der Waals surface area contributed by atoms with E-state index in [2.05, 4.69) is 26.2 Å². The Labute approximate surface area is 49.1 Å². The first kappa shape index (κ1) is 7.39. The first-order valence-electron chi connectivity index (χ1n) is 2.59. The minimum absolute atomic E-state index is 0.372. The molecule has 0 saturated carbocycles. The van der Waals surface area contributed by atoms with Crippen molar-refractivity contribution in [2.45, 2.75) is 26.2 Å². The lowest BCUT2D eigenvalue weighted by Gasteiger charge is -2.06. The molecule has 1 nitrogen and oxygen atoms in total. The third-order valence-electron chi connectivity index (χ3n) is 0.471. The zero-order chi connectivity index (χ0) is 5.86. The second-order valence-electron chi connectivity index (χ2n) is 2.07. The van der Waals surface area contributed by atoms with Gasteiger partial charge in [-0.25, -0.2) is 0 Å². The van der Waals surface area contributed by atoms with Crippen molar-refractivity contribution in [3.8, 4) is 0 Å². The van der Waals surface area contributed by atoms with Crippen LogP contribution in [-0.4, -0.2) is 18.1 Å². The van der Waals surface area contributed by atoms with Gasteiger partial charge in [0.2, 0.25) is 0 Å². The minimum Gasteiger partial charge on any atom is -0.458 e. The summed E-state index contributed by atoms with van der Waals surface area (Å²) in [7, 11) is -1.06. The van der Waals surface area contributed by atoms with Gasteiger partial charge >= 0.3 is 0 Å². The summed E-state index contributed by atoms with van der Waals surface area (Å²) in [6.07, 6.45) is 0. The molecule has 3 heteroatoms. The third kappa shape index (κ3) is 6.39. The predicted octanol–water partition coefficient (Wildman–Crippen LogP) is 1.24. The number of rotatable bonds is 2. The summed E-state index contributed by atoms with van der Waals surface area (Å²) >= 11 is 0. The molecule has 0 N–H and O–H groups in total. The van der Waals surface area contributed by atoms with Gasteiger partial charge in [0, 0.05) is 0 Å². The highest BCUT2D eigenvalue weighted by Crippen LogP contribution is 1.87. The van der Waals surface area contributed by atoms with E-state index in [1.54, 1.807) is 0 Å². The average Bonchev–Trinajstić information content (AvgIpc) is 1.27. The Kier molecular flexibility index (Phi) is 3.59. The Hall–Kier alpha value is 0.394. The molecular formula is C4H13OSi2. The first-order valence-corrected chi connectivity index (χ1v) is 7.78. The standard InChI is InChI=1S/C4H13OSi2/c1-6(2)5-7(3)4/h6H,1-4H3. The molecule has 0 rings (SSSR count). The van der Waals surface area contributed by atoms with Gasteiger partial charge in [0.1, 0.15) is 0 Å². The summed E-state index contributed by atoms with van der Waals surface area (Å²) in [5.74, 6) is 0. The van der Waals surface area contributed by atoms with E-state index in [1.807, 2.05) is 0 Å². The lowest BCUT2D eigenvalue weighted by molar-refractivity contribution is 0.608. The zero-order valence-corrected chi connectivity index (χ0v) is 7.64. The van der Waals surface area contributed by atoms with Gasteiger partial charge in [-0.1, -0.05) is 0 Å². The molecule has 0 heterocycles. The molecule has 43 valence electrons. The van der Waals surface area contributed by atoms with Crippen LogP contribution in [0.5, 0.6) is 0 Å². The third-order valence-corrected chi connectivity index (χ3v) is 4.24. The van der Waals surface area contributed by atoms with E-state index in [0.717, 1.165) is 0 Å². The Morgan fingerprint density at radius 1 is 1.29 bits per heavy atom. The van der Waals surface area contributed by atoms with Crippen molar-refractivity contribution in [3.05, 3.63) is 0 Å². The molecular weight excluding hydrogens is 120 g/mol. The molecule has 0 fully saturated rings. The summed E-state index contributed by atoms with van der Waals surface area (Å²) in [6.45, 7) is 8.77. The normalized spacial score (nSPS) is 11.1. The van der Waals surface area contributed by atoms with E-state index in [4.69, 9.17) is 4.12 Å². The minimum atomic E-state index is -0.683. The highest BCUT2D eigenvalue weighted by Gasteiger charge is 1.98. The maximum Gasteiger partial charge on any atom is 0.191 e. The van der Waals surface area contributed by atoms with Crippen LogP contribution in [0.1, 0.15) is 0 Å². The van der Waals surface area contributed by atoms with Gasteiger partial charge in [-0.3, -0.25) is 0 Å². The van der Waals surface area contributed by atoms with Crippen molar-refractivity contribution in [1.82, 2.24) is 0 Å². The van der Waals surface area contributed by atoms with Crippen molar-refractivity contribution < 1.29 is 4.12 Å². The maximum atomic E-state index is 5.49. The molecule has 0 amide bonds. The van der Waals surface area contributed by atoms with Crippen LogP contribution < -0.4 is 0 Å². The van der Waals surface area contributed by atoms with Crippen LogP contribution >= 0.6 is 0 Å². The summed E-state index contributed by atoms with van der Waals surface area (Å²) < 4.78 is 5.49. The van der Waals surface area contributed by atoms with Crippen molar-refractivity contribution in [2.75, 3.05) is 0 Å². The van der Waals surface area contributed by atoms with Crippen LogP contribution in [0.15, 0.2) is 0 Å². The Balaban J connectivity index is 2.95. The predicted molar refractivity (Wildman–Crippen MR) is 37.4 cm³/mol. The van der Waals surface area contributed by atoms with E-state index >= 15 is 0 Å². The molecule has 0 aromatic carbocycles. The van der Waals surface area contributed by atoms with Crippen LogP contribution in [0, 0.1) is 0 Å². The fourth-order valence-corrected chi connectivity index (χ4v) is 4.24. The highest BCUT2D eigenvalue weighted by atomic mass is 28.4. The molecule has 0 aromatic heterocycles. The fourth-order valence-electron chi connectivity index (χ4n) is 0.471. The molecule has 0 atom stereocenters. The van der Waals surface area contributed by atoms with E-state index in [-0.39, 0.29) is 9.04 Å².